The number of amides is 2. The van der Waals surface area contributed by atoms with Crippen LogP contribution in [0, 0.1) is 5.92 Å². The Kier molecular flexibility index (Phi) is 6.01. The number of carbonyl (C=O) groups is 3. The second kappa shape index (κ2) is 9.42. The van der Waals surface area contributed by atoms with Crippen molar-refractivity contribution in [3.8, 4) is 11.1 Å². The molecule has 0 saturated heterocycles. The molecule has 5 rings (SSSR count). The Labute approximate surface area is 201 Å². The number of aromatic carboxylic acids is 1. The minimum atomic E-state index is -1.12. The Morgan fingerprint density at radius 1 is 0.971 bits per heavy atom. The fourth-order valence-electron chi connectivity index (χ4n) is 4.65. The quantitative estimate of drug-likeness (QED) is 0.466. The molecule has 0 spiro atoms. The number of rotatable bonds is 6. The number of nitrogens with zero attached hydrogens (tertiary/aromatic N) is 1. The van der Waals surface area contributed by atoms with Crippen molar-refractivity contribution in [1.29, 1.82) is 0 Å². The SMILES string of the molecule is O=C(NC1C=CC(C(=O)Nc2cncc(C(=O)O)c2)C1)OCC1c2ccccc2-c2ccccc21. The van der Waals surface area contributed by atoms with Gasteiger partial charge in [0.15, 0.2) is 0 Å². The molecule has 8 heteroatoms. The van der Waals surface area contributed by atoms with Gasteiger partial charge in [0.05, 0.1) is 29.4 Å². The number of carboxylic acids is 1. The predicted octanol–water partition coefficient (Wildman–Crippen LogP) is 4.20. The van der Waals surface area contributed by atoms with Gasteiger partial charge in [-0.25, -0.2) is 9.59 Å². The maximum Gasteiger partial charge on any atom is 0.407 e. The molecule has 176 valence electrons. The average Bonchev–Trinajstić information content (AvgIpc) is 3.46. The Hall–Kier alpha value is -4.46. The summed E-state index contributed by atoms with van der Waals surface area (Å²) in [5.41, 5.74) is 4.89. The van der Waals surface area contributed by atoms with Crippen molar-refractivity contribution in [1.82, 2.24) is 10.3 Å². The number of hydrogen-bond acceptors (Lipinski definition) is 5. The molecule has 0 saturated carbocycles. The summed E-state index contributed by atoms with van der Waals surface area (Å²) in [6.07, 6.45) is 5.91. The van der Waals surface area contributed by atoms with Gasteiger partial charge < -0.3 is 20.5 Å². The van der Waals surface area contributed by atoms with E-state index in [1.165, 1.54) is 18.5 Å². The van der Waals surface area contributed by atoms with Crippen molar-refractivity contribution in [3.63, 3.8) is 0 Å². The number of alkyl carbamates (subject to hydrolysis) is 1. The van der Waals surface area contributed by atoms with Crippen LogP contribution in [0.3, 0.4) is 0 Å². The number of benzene rings is 2. The van der Waals surface area contributed by atoms with E-state index in [9.17, 15) is 14.4 Å². The Morgan fingerprint density at radius 3 is 2.34 bits per heavy atom. The number of ether oxygens (including phenoxy) is 1. The van der Waals surface area contributed by atoms with Crippen molar-refractivity contribution in [3.05, 3.63) is 95.8 Å². The molecule has 3 N–H and O–H groups in total. The number of aromatic nitrogens is 1. The van der Waals surface area contributed by atoms with Crippen molar-refractivity contribution >= 4 is 23.7 Å². The van der Waals surface area contributed by atoms with Gasteiger partial charge in [-0.1, -0.05) is 60.7 Å². The smallest absolute Gasteiger partial charge is 0.407 e. The van der Waals surface area contributed by atoms with E-state index in [2.05, 4.69) is 39.9 Å². The molecule has 0 fully saturated rings. The van der Waals surface area contributed by atoms with Gasteiger partial charge in [0.1, 0.15) is 6.61 Å². The van der Waals surface area contributed by atoms with Crippen molar-refractivity contribution < 1.29 is 24.2 Å². The number of carbonyl (C=O) groups excluding carboxylic acids is 2. The summed E-state index contributed by atoms with van der Waals surface area (Å²) in [5.74, 6) is -1.92. The van der Waals surface area contributed by atoms with Gasteiger partial charge >= 0.3 is 12.1 Å². The van der Waals surface area contributed by atoms with Gasteiger partial charge in [-0.05, 0) is 34.7 Å². The van der Waals surface area contributed by atoms with E-state index in [1.54, 1.807) is 12.2 Å². The topological polar surface area (TPSA) is 118 Å². The monoisotopic (exact) mass is 469 g/mol. The number of nitrogens with one attached hydrogen (secondary N) is 2. The number of anilines is 1. The van der Waals surface area contributed by atoms with E-state index in [4.69, 9.17) is 9.84 Å². The second-order valence-electron chi connectivity index (χ2n) is 8.56. The normalized spacial score (nSPS) is 17.9. The fraction of sp³-hybridized carbons (Fsp3) is 0.185. The predicted molar refractivity (Wildman–Crippen MR) is 129 cm³/mol. The molecule has 2 atom stereocenters. The maximum atomic E-state index is 12.6. The third-order valence-corrected chi connectivity index (χ3v) is 6.32. The lowest BCUT2D eigenvalue weighted by Gasteiger charge is -2.17. The third kappa shape index (κ3) is 4.63. The van der Waals surface area contributed by atoms with Crippen LogP contribution in [0.1, 0.15) is 33.8 Å². The minimum absolute atomic E-state index is 0.0143. The van der Waals surface area contributed by atoms with Gasteiger partial charge in [-0.15, -0.1) is 0 Å². The van der Waals surface area contributed by atoms with Crippen LogP contribution in [0.4, 0.5) is 10.5 Å². The van der Waals surface area contributed by atoms with Crippen molar-refractivity contribution in [2.45, 2.75) is 18.4 Å². The molecular formula is C27H23N3O5. The van der Waals surface area contributed by atoms with Gasteiger partial charge in [-0.2, -0.15) is 0 Å². The van der Waals surface area contributed by atoms with E-state index < -0.39 is 18.0 Å². The van der Waals surface area contributed by atoms with Crippen LogP contribution in [0.2, 0.25) is 0 Å². The van der Waals surface area contributed by atoms with Crippen molar-refractivity contribution in [2.75, 3.05) is 11.9 Å². The van der Waals surface area contributed by atoms with Crippen LogP contribution >= 0.6 is 0 Å². The molecule has 0 aliphatic heterocycles. The first-order valence-electron chi connectivity index (χ1n) is 11.3. The Morgan fingerprint density at radius 2 is 1.66 bits per heavy atom. The Balaban J connectivity index is 1.14. The molecule has 1 aromatic heterocycles. The lowest BCUT2D eigenvalue weighted by atomic mass is 9.98. The molecule has 0 bridgehead atoms. The van der Waals surface area contributed by atoms with E-state index in [1.807, 2.05) is 24.3 Å². The molecule has 8 nitrogen and oxygen atoms in total. The number of carboxylic acid groups (broad SMARTS) is 1. The molecule has 2 aliphatic carbocycles. The number of pyridine rings is 1. The van der Waals surface area contributed by atoms with Crippen LogP contribution in [0.25, 0.3) is 11.1 Å². The third-order valence-electron chi connectivity index (χ3n) is 6.32. The van der Waals surface area contributed by atoms with Gasteiger partial charge in [0.2, 0.25) is 5.91 Å². The average molecular weight is 469 g/mol. The van der Waals surface area contributed by atoms with Gasteiger partial charge in [0.25, 0.3) is 0 Å². The van der Waals surface area contributed by atoms with E-state index in [0.717, 1.165) is 22.3 Å². The van der Waals surface area contributed by atoms with Crippen LogP contribution < -0.4 is 10.6 Å². The minimum Gasteiger partial charge on any atom is -0.478 e. The zero-order valence-electron chi connectivity index (χ0n) is 18.7. The lowest BCUT2D eigenvalue weighted by Crippen LogP contribution is -2.35. The summed E-state index contributed by atoms with van der Waals surface area (Å²) >= 11 is 0. The van der Waals surface area contributed by atoms with Crippen molar-refractivity contribution in [2.24, 2.45) is 5.92 Å². The second-order valence-corrected chi connectivity index (χ2v) is 8.56. The van der Waals surface area contributed by atoms with Crippen LogP contribution in [-0.2, 0) is 9.53 Å². The standard InChI is InChI=1S/C27H23N3O5/c31-25(29-19-12-17(26(32)33)13-28-14-19)16-9-10-18(11-16)30-27(34)35-15-24-22-7-3-1-5-20(22)21-6-2-4-8-23(21)24/h1-10,12-14,16,18,24H,11,15H2,(H,29,31)(H,30,34)(H,32,33). The number of hydrogen-bond donors (Lipinski definition) is 3. The summed E-state index contributed by atoms with van der Waals surface area (Å²) < 4.78 is 5.58. The molecule has 35 heavy (non-hydrogen) atoms. The first kappa shape index (κ1) is 22.3. The zero-order chi connectivity index (χ0) is 24.4. The molecular weight excluding hydrogens is 446 g/mol. The van der Waals surface area contributed by atoms with E-state index in [-0.39, 0.29) is 30.0 Å². The van der Waals surface area contributed by atoms with Crippen LogP contribution in [-0.4, -0.2) is 40.7 Å². The summed E-state index contributed by atoms with van der Waals surface area (Å²) in [6, 6.07) is 17.3. The molecule has 3 aromatic rings. The molecule has 2 amide bonds. The van der Waals surface area contributed by atoms with Crippen LogP contribution in [0.5, 0.6) is 0 Å². The van der Waals surface area contributed by atoms with Crippen LogP contribution in [0.15, 0.2) is 79.1 Å². The van der Waals surface area contributed by atoms with Gasteiger partial charge in [-0.3, -0.25) is 9.78 Å². The lowest BCUT2D eigenvalue weighted by molar-refractivity contribution is -0.118. The number of fused-ring (bicyclic) bond motifs is 3. The largest absolute Gasteiger partial charge is 0.478 e. The molecule has 0 radical (unpaired) electrons. The summed E-state index contributed by atoms with van der Waals surface area (Å²) in [4.78, 5) is 40.0. The van der Waals surface area contributed by atoms with E-state index in [0.29, 0.717) is 12.1 Å². The molecule has 2 unspecified atom stereocenters. The molecule has 2 aromatic carbocycles. The Bertz CT molecular complexity index is 1290. The summed E-state index contributed by atoms with van der Waals surface area (Å²) in [7, 11) is 0. The maximum absolute atomic E-state index is 12.6. The first-order chi connectivity index (χ1) is 17.0. The summed E-state index contributed by atoms with van der Waals surface area (Å²) in [5, 5.41) is 14.5. The fourth-order valence-corrected chi connectivity index (χ4v) is 4.65. The molecule has 1 heterocycles. The molecule has 2 aliphatic rings. The highest BCUT2D eigenvalue weighted by Crippen LogP contribution is 2.44. The highest BCUT2D eigenvalue weighted by Gasteiger charge is 2.30. The zero-order valence-corrected chi connectivity index (χ0v) is 18.7. The summed E-state index contributed by atoms with van der Waals surface area (Å²) in [6.45, 7) is 0.215. The highest BCUT2D eigenvalue weighted by molar-refractivity contribution is 5.95. The highest BCUT2D eigenvalue weighted by atomic mass is 16.5. The van der Waals surface area contributed by atoms with E-state index >= 15 is 0 Å². The first-order valence-corrected chi connectivity index (χ1v) is 11.3. The van der Waals surface area contributed by atoms with Gasteiger partial charge in [0, 0.05) is 12.1 Å².